The number of amides is 1. The maximum absolute atomic E-state index is 12.0. The van der Waals surface area contributed by atoms with Gasteiger partial charge in [-0.25, -0.2) is 0 Å². The summed E-state index contributed by atoms with van der Waals surface area (Å²) in [5.74, 6) is 0.398. The predicted molar refractivity (Wildman–Crippen MR) is 86.3 cm³/mol. The van der Waals surface area contributed by atoms with E-state index in [9.17, 15) is 4.79 Å². The van der Waals surface area contributed by atoms with Crippen LogP contribution in [-0.2, 0) is 0 Å². The van der Waals surface area contributed by atoms with E-state index in [0.717, 1.165) is 11.1 Å². The molecule has 0 saturated carbocycles. The number of fused-ring (bicyclic) bond motifs is 1. The lowest BCUT2D eigenvalue weighted by Crippen LogP contribution is -2.24. The molecule has 1 aliphatic rings. The second kappa shape index (κ2) is 6.05. The Kier molecular flexibility index (Phi) is 4.31. The van der Waals surface area contributed by atoms with Gasteiger partial charge >= 0.3 is 0 Å². The molecule has 0 aliphatic carbocycles. The number of benzene rings is 1. The Morgan fingerprint density at radius 2 is 2.10 bits per heavy atom. The van der Waals surface area contributed by atoms with Gasteiger partial charge < -0.3 is 10.1 Å². The van der Waals surface area contributed by atoms with E-state index in [1.807, 2.05) is 6.07 Å². The van der Waals surface area contributed by atoms with Crippen LogP contribution in [0.25, 0.3) is 0 Å². The van der Waals surface area contributed by atoms with Crippen LogP contribution in [0, 0.1) is 0 Å². The molecule has 1 amide bonds. The van der Waals surface area contributed by atoms with Gasteiger partial charge in [-0.3, -0.25) is 4.79 Å². The second-order valence-corrected chi connectivity index (χ2v) is 7.22. The van der Waals surface area contributed by atoms with Crippen LogP contribution in [0.5, 0.6) is 5.75 Å². The molecule has 0 fully saturated rings. The number of thiophene rings is 1. The van der Waals surface area contributed by atoms with Gasteiger partial charge in [0.05, 0.1) is 26.2 Å². The van der Waals surface area contributed by atoms with Crippen LogP contribution < -0.4 is 10.1 Å². The van der Waals surface area contributed by atoms with E-state index in [1.165, 1.54) is 11.3 Å². The lowest BCUT2D eigenvalue weighted by Gasteiger charge is -2.12. The highest BCUT2D eigenvalue weighted by molar-refractivity contribution is 7.20. The fourth-order valence-corrected chi connectivity index (χ4v) is 4.10. The van der Waals surface area contributed by atoms with Gasteiger partial charge in [0.25, 0.3) is 5.91 Å². The van der Waals surface area contributed by atoms with Gasteiger partial charge in [0.2, 0.25) is 0 Å². The number of ether oxygens (including phenoxy) is 1. The first-order valence-electron chi connectivity index (χ1n) is 6.20. The Bertz CT molecular complexity index is 702. The molecule has 0 radical (unpaired) electrons. The van der Waals surface area contributed by atoms with Crippen molar-refractivity contribution < 1.29 is 9.53 Å². The molecule has 0 saturated heterocycles. The number of hydrogen-bond donors (Lipinski definition) is 1. The second-order valence-electron chi connectivity index (χ2n) is 4.50. The zero-order valence-electron chi connectivity index (χ0n) is 10.7. The molecule has 1 atom stereocenters. The highest BCUT2D eigenvalue weighted by Crippen LogP contribution is 2.41. The Balaban J connectivity index is 2.00. The van der Waals surface area contributed by atoms with Crippen molar-refractivity contribution in [3.8, 4) is 5.75 Å². The molecule has 1 aromatic carbocycles. The van der Waals surface area contributed by atoms with Crippen LogP contribution in [0.3, 0.4) is 0 Å². The van der Waals surface area contributed by atoms with E-state index in [4.69, 9.17) is 39.5 Å². The molecule has 1 aromatic heterocycles. The zero-order chi connectivity index (χ0) is 15.0. The molecule has 2 aromatic rings. The van der Waals surface area contributed by atoms with Gasteiger partial charge in [-0.05, 0) is 23.8 Å². The normalized spacial score (nSPS) is 15.7. The minimum Gasteiger partial charge on any atom is -0.491 e. The van der Waals surface area contributed by atoms with E-state index in [0.29, 0.717) is 33.1 Å². The molecule has 0 bridgehead atoms. The number of nitrogens with one attached hydrogen (secondary N) is 1. The third kappa shape index (κ3) is 2.99. The molecule has 7 heteroatoms. The quantitative estimate of drug-likeness (QED) is 0.799. The van der Waals surface area contributed by atoms with Crippen LogP contribution in [0.2, 0.25) is 8.67 Å². The zero-order valence-corrected chi connectivity index (χ0v) is 13.7. The summed E-state index contributed by atoms with van der Waals surface area (Å²) in [5, 5.41) is 2.30. The number of alkyl halides is 1. The lowest BCUT2D eigenvalue weighted by molar-refractivity contribution is 0.0957. The summed E-state index contributed by atoms with van der Waals surface area (Å²) in [6.07, 6.45) is 0. The molecular weight excluding hydrogens is 353 g/mol. The summed E-state index contributed by atoms with van der Waals surface area (Å²) < 4.78 is 6.65. The van der Waals surface area contributed by atoms with Crippen molar-refractivity contribution in [3.05, 3.63) is 49.6 Å². The molecule has 1 N–H and O–H groups in total. The number of carbonyl (C=O) groups excluding carboxylic acids is 1. The van der Waals surface area contributed by atoms with Crippen molar-refractivity contribution in [1.29, 1.82) is 0 Å². The van der Waals surface area contributed by atoms with E-state index >= 15 is 0 Å². The first-order valence-corrected chi connectivity index (χ1v) is 8.21. The van der Waals surface area contributed by atoms with Crippen LogP contribution in [-0.4, -0.2) is 19.1 Å². The van der Waals surface area contributed by atoms with Crippen molar-refractivity contribution in [3.63, 3.8) is 0 Å². The van der Waals surface area contributed by atoms with Crippen LogP contribution in [0.15, 0.2) is 24.3 Å². The molecule has 1 aliphatic heterocycles. The van der Waals surface area contributed by atoms with Crippen molar-refractivity contribution >= 4 is 52.0 Å². The molecule has 2 heterocycles. The highest BCUT2D eigenvalue weighted by atomic mass is 35.5. The average molecular weight is 363 g/mol. The summed E-state index contributed by atoms with van der Waals surface area (Å²) in [4.78, 5) is 12.0. The molecule has 110 valence electrons. The first kappa shape index (κ1) is 15.0. The number of hydrogen-bond acceptors (Lipinski definition) is 3. The predicted octanol–water partition coefficient (Wildman–Crippen LogP) is 4.51. The number of rotatable bonds is 2. The summed E-state index contributed by atoms with van der Waals surface area (Å²) >= 11 is 19.8. The molecule has 1 unspecified atom stereocenters. The summed E-state index contributed by atoms with van der Waals surface area (Å²) in [6, 6.07) is 7.06. The fraction of sp³-hybridized carbons (Fsp3) is 0.214. The maximum Gasteiger partial charge on any atom is 0.255 e. The summed E-state index contributed by atoms with van der Waals surface area (Å²) in [6.45, 7) is 0.938. The summed E-state index contributed by atoms with van der Waals surface area (Å²) in [7, 11) is 0. The third-order valence-electron chi connectivity index (χ3n) is 3.14. The Hall–Kier alpha value is -0.940. The standard InChI is InChI=1S/C14H10Cl3NO2S/c15-11-6-9(13(17)21-11)12(16)7-1-2-10-8(5-7)14(19)18-3-4-20-10/h1-2,5-6,12H,3-4H2,(H,18,19). The van der Waals surface area contributed by atoms with E-state index in [2.05, 4.69) is 5.32 Å². The largest absolute Gasteiger partial charge is 0.491 e. The van der Waals surface area contributed by atoms with Crippen molar-refractivity contribution in [1.82, 2.24) is 5.32 Å². The van der Waals surface area contributed by atoms with Gasteiger partial charge in [0.15, 0.2) is 0 Å². The van der Waals surface area contributed by atoms with E-state index in [1.54, 1.807) is 18.2 Å². The SMILES string of the molecule is O=C1NCCOc2ccc(C(Cl)c3cc(Cl)sc3Cl)cc21. The minimum absolute atomic E-state index is 0.164. The molecule has 21 heavy (non-hydrogen) atoms. The Morgan fingerprint density at radius 3 is 2.81 bits per heavy atom. The van der Waals surface area contributed by atoms with Crippen LogP contribution >= 0.6 is 46.1 Å². The molecule has 0 spiro atoms. The number of halogens is 3. The van der Waals surface area contributed by atoms with E-state index < -0.39 is 5.38 Å². The van der Waals surface area contributed by atoms with Gasteiger partial charge in [0, 0.05) is 5.56 Å². The van der Waals surface area contributed by atoms with Gasteiger partial charge in [0.1, 0.15) is 12.4 Å². The van der Waals surface area contributed by atoms with Crippen molar-refractivity contribution in [2.75, 3.05) is 13.2 Å². The van der Waals surface area contributed by atoms with Gasteiger partial charge in [-0.2, -0.15) is 0 Å². The fourth-order valence-electron chi connectivity index (χ4n) is 2.13. The van der Waals surface area contributed by atoms with Crippen molar-refractivity contribution in [2.45, 2.75) is 5.38 Å². The molecule has 3 rings (SSSR count). The van der Waals surface area contributed by atoms with Gasteiger partial charge in [-0.1, -0.05) is 29.3 Å². The first-order chi connectivity index (χ1) is 10.1. The van der Waals surface area contributed by atoms with Gasteiger partial charge in [-0.15, -0.1) is 22.9 Å². The number of carbonyl (C=O) groups is 1. The Labute approximate surface area is 140 Å². The topological polar surface area (TPSA) is 38.3 Å². The monoisotopic (exact) mass is 361 g/mol. The summed E-state index contributed by atoms with van der Waals surface area (Å²) in [5.41, 5.74) is 1.99. The van der Waals surface area contributed by atoms with Crippen LogP contribution in [0.4, 0.5) is 0 Å². The van der Waals surface area contributed by atoms with E-state index in [-0.39, 0.29) is 5.91 Å². The minimum atomic E-state index is -0.470. The lowest BCUT2D eigenvalue weighted by atomic mass is 10.0. The third-order valence-corrected chi connectivity index (χ3v) is 5.15. The average Bonchev–Trinajstić information content (AvgIpc) is 2.69. The molecular formula is C14H10Cl3NO2S. The van der Waals surface area contributed by atoms with Crippen LogP contribution in [0.1, 0.15) is 26.9 Å². The maximum atomic E-state index is 12.0. The smallest absolute Gasteiger partial charge is 0.255 e. The Morgan fingerprint density at radius 1 is 1.29 bits per heavy atom. The van der Waals surface area contributed by atoms with Crippen molar-refractivity contribution in [2.24, 2.45) is 0 Å². The molecule has 3 nitrogen and oxygen atoms in total. The highest BCUT2D eigenvalue weighted by Gasteiger charge is 2.22.